The Bertz CT molecular complexity index is 1690. The molecule has 1 aromatic carbocycles. The maximum Gasteiger partial charge on any atom is 0.223 e. The van der Waals surface area contributed by atoms with Crippen LogP contribution in [-0.4, -0.2) is 28.4 Å². The van der Waals surface area contributed by atoms with Gasteiger partial charge in [-0.25, -0.2) is 0 Å². The summed E-state index contributed by atoms with van der Waals surface area (Å²) in [5.74, 6) is 1.13. The lowest BCUT2D eigenvalue weighted by molar-refractivity contribution is -0.207. The summed E-state index contributed by atoms with van der Waals surface area (Å²) in [6.45, 7) is 21.8. The molecule has 0 aromatic heterocycles. The van der Waals surface area contributed by atoms with E-state index < -0.39 is 17.1 Å². The van der Waals surface area contributed by atoms with Crippen LogP contribution < -0.4 is 9.47 Å². The maximum absolute atomic E-state index is 14.0. The molecule has 4 atom stereocenters. The van der Waals surface area contributed by atoms with Gasteiger partial charge in [0.25, 0.3) is 0 Å². The van der Waals surface area contributed by atoms with Crippen LogP contribution in [0.4, 0.5) is 0 Å². The third-order valence-corrected chi connectivity index (χ3v) is 12.8. The first-order chi connectivity index (χ1) is 20.9. The summed E-state index contributed by atoms with van der Waals surface area (Å²) < 4.78 is 15.1. The van der Waals surface area contributed by atoms with Crippen LogP contribution in [0.2, 0.25) is 0 Å². The molecule has 1 aliphatic heterocycles. The molecule has 7 rings (SSSR count). The van der Waals surface area contributed by atoms with E-state index >= 15 is 0 Å². The second-order valence-electron chi connectivity index (χ2n) is 17.1. The number of hydrogen-bond donors (Lipinski definition) is 1. The second kappa shape index (κ2) is 9.26. The van der Waals surface area contributed by atoms with Gasteiger partial charge in [-0.15, -0.1) is 0 Å². The molecule has 0 radical (unpaired) electrons. The molecule has 5 aliphatic carbocycles. The van der Waals surface area contributed by atoms with E-state index in [1.165, 1.54) is 5.57 Å². The standard InChI is InChI=1S/C40H50O5/c1-21(2)24-17-23-18-29-40(37(7,8)14-12-16-39(40,10)30(23)33(43)32(24)42)45-34-25(22(3)4)19-26-27(41)20-28-36(5,6)13-11-15-38(28,9)31(26)35(34)44-29/h17-22,29,43H,11-16H2,1-10H3/t29-,38-,39+,40+/m1/s1. The molecule has 1 N–H and O–H groups in total. The number of benzene rings is 1. The Hall–Kier alpha value is -3.08. The number of aliphatic hydroxyl groups excluding tert-OH is 1. The quantitative estimate of drug-likeness (QED) is 0.361. The average Bonchev–Trinajstić information content (AvgIpc) is 2.93. The van der Waals surface area contributed by atoms with Gasteiger partial charge in [0.05, 0.1) is 0 Å². The Morgan fingerprint density at radius 1 is 0.867 bits per heavy atom. The van der Waals surface area contributed by atoms with Crippen molar-refractivity contribution < 1.29 is 24.2 Å². The molecule has 1 spiro atoms. The summed E-state index contributed by atoms with van der Waals surface area (Å²) in [5.41, 5.74) is 3.66. The molecular formula is C40H50O5. The first-order valence-corrected chi connectivity index (χ1v) is 17.2. The molecule has 1 heterocycles. The number of fused-ring (bicyclic) bond motifs is 7. The predicted octanol–water partition coefficient (Wildman–Crippen LogP) is 9.41. The SMILES string of the molecule is CC(C)C1=CC2=C[C@H]3Oc4c(c(C(C)C)cc5c4[C@]4(C)CCCC(C)(C)C4=CC5=O)O[C@]34C(C)(C)CCC[C@@]4(C)C2=C(O)C1=O. The molecule has 5 nitrogen and oxygen atoms in total. The van der Waals surface area contributed by atoms with Crippen molar-refractivity contribution in [2.45, 2.75) is 131 Å². The molecule has 240 valence electrons. The zero-order valence-electron chi connectivity index (χ0n) is 28.9. The number of carbonyl (C=O) groups is 2. The van der Waals surface area contributed by atoms with Crippen LogP contribution >= 0.6 is 0 Å². The summed E-state index contributed by atoms with van der Waals surface area (Å²) in [6, 6.07) is 2.08. The highest BCUT2D eigenvalue weighted by Gasteiger charge is 2.71. The Morgan fingerprint density at radius 3 is 2.22 bits per heavy atom. The van der Waals surface area contributed by atoms with Crippen molar-refractivity contribution in [3.05, 3.63) is 69.0 Å². The van der Waals surface area contributed by atoms with Gasteiger partial charge in [-0.2, -0.15) is 0 Å². The number of hydrogen-bond acceptors (Lipinski definition) is 5. The Balaban J connectivity index is 1.55. The van der Waals surface area contributed by atoms with Gasteiger partial charge in [-0.3, -0.25) is 9.59 Å². The fourth-order valence-corrected chi connectivity index (χ4v) is 10.6. The van der Waals surface area contributed by atoms with Crippen LogP contribution in [-0.2, 0) is 10.2 Å². The molecule has 5 heteroatoms. The van der Waals surface area contributed by atoms with Gasteiger partial charge < -0.3 is 14.6 Å². The van der Waals surface area contributed by atoms with Crippen LogP contribution in [0.15, 0.2) is 52.3 Å². The van der Waals surface area contributed by atoms with Gasteiger partial charge in [0, 0.05) is 44.1 Å². The third kappa shape index (κ3) is 3.67. The molecule has 1 aromatic rings. The second-order valence-corrected chi connectivity index (χ2v) is 17.1. The summed E-state index contributed by atoms with van der Waals surface area (Å²) in [4.78, 5) is 27.6. The number of allylic oxidation sites excluding steroid dienone is 5. The summed E-state index contributed by atoms with van der Waals surface area (Å²) in [6.07, 6.45) is 11.2. The molecule has 0 amide bonds. The topological polar surface area (TPSA) is 72.8 Å². The van der Waals surface area contributed by atoms with Crippen molar-refractivity contribution in [2.24, 2.45) is 22.2 Å². The van der Waals surface area contributed by atoms with Gasteiger partial charge in [0.1, 0.15) is 0 Å². The molecule has 0 saturated heterocycles. The first kappa shape index (κ1) is 30.6. The number of carbonyl (C=O) groups excluding carboxylic acids is 2. The molecular weight excluding hydrogens is 560 g/mol. The predicted molar refractivity (Wildman–Crippen MR) is 177 cm³/mol. The summed E-state index contributed by atoms with van der Waals surface area (Å²) in [7, 11) is 0. The highest BCUT2D eigenvalue weighted by atomic mass is 16.6. The Morgan fingerprint density at radius 2 is 1.56 bits per heavy atom. The van der Waals surface area contributed by atoms with Crippen LogP contribution in [0.3, 0.4) is 0 Å². The highest BCUT2D eigenvalue weighted by molar-refractivity contribution is 6.10. The minimum atomic E-state index is -0.885. The van der Waals surface area contributed by atoms with E-state index in [2.05, 4.69) is 67.5 Å². The average molecular weight is 611 g/mol. The van der Waals surface area contributed by atoms with E-state index in [4.69, 9.17) is 9.47 Å². The zero-order valence-corrected chi connectivity index (χ0v) is 28.9. The number of ketones is 2. The molecule has 0 unspecified atom stereocenters. The van der Waals surface area contributed by atoms with Gasteiger partial charge in [0.2, 0.25) is 5.78 Å². The van der Waals surface area contributed by atoms with Gasteiger partial charge in [-0.1, -0.05) is 87.7 Å². The van der Waals surface area contributed by atoms with Crippen molar-refractivity contribution in [3.63, 3.8) is 0 Å². The number of rotatable bonds is 2. The van der Waals surface area contributed by atoms with Gasteiger partial charge in [0.15, 0.2) is 34.7 Å². The van der Waals surface area contributed by atoms with Crippen LogP contribution in [0.25, 0.3) is 0 Å². The van der Waals surface area contributed by atoms with Crippen molar-refractivity contribution in [2.75, 3.05) is 0 Å². The smallest absolute Gasteiger partial charge is 0.223 e. The largest absolute Gasteiger partial charge is 0.504 e. The number of Topliss-reactive ketones (excluding diaryl/α,β-unsaturated/α-hetero) is 1. The number of ether oxygens (including phenoxy) is 2. The van der Waals surface area contributed by atoms with E-state index in [1.807, 2.05) is 26.0 Å². The van der Waals surface area contributed by atoms with E-state index in [0.29, 0.717) is 16.9 Å². The van der Waals surface area contributed by atoms with E-state index in [0.717, 1.165) is 66.5 Å². The Labute approximate surface area is 268 Å². The molecule has 0 bridgehead atoms. The minimum absolute atomic E-state index is 0.0277. The molecule has 2 saturated carbocycles. The van der Waals surface area contributed by atoms with Gasteiger partial charge in [-0.05, 0) is 72.8 Å². The van der Waals surface area contributed by atoms with Crippen molar-refractivity contribution in [1.82, 2.24) is 0 Å². The minimum Gasteiger partial charge on any atom is -0.504 e. The van der Waals surface area contributed by atoms with Crippen molar-refractivity contribution >= 4 is 11.6 Å². The Kier molecular flexibility index (Phi) is 6.29. The van der Waals surface area contributed by atoms with Crippen LogP contribution in [0.5, 0.6) is 11.5 Å². The van der Waals surface area contributed by atoms with Gasteiger partial charge >= 0.3 is 0 Å². The van der Waals surface area contributed by atoms with Crippen LogP contribution in [0.1, 0.15) is 135 Å². The lowest BCUT2D eigenvalue weighted by atomic mass is 9.45. The van der Waals surface area contributed by atoms with Crippen LogP contribution in [0, 0.1) is 22.2 Å². The van der Waals surface area contributed by atoms with Crippen molar-refractivity contribution in [3.8, 4) is 11.5 Å². The van der Waals surface area contributed by atoms with E-state index in [1.54, 1.807) is 0 Å². The summed E-state index contributed by atoms with van der Waals surface area (Å²) >= 11 is 0. The third-order valence-electron chi connectivity index (χ3n) is 12.8. The molecule has 2 fully saturated rings. The van der Waals surface area contributed by atoms with E-state index in [-0.39, 0.29) is 45.4 Å². The maximum atomic E-state index is 14.0. The lowest BCUT2D eigenvalue weighted by Gasteiger charge is -2.66. The monoisotopic (exact) mass is 610 g/mol. The molecule has 6 aliphatic rings. The van der Waals surface area contributed by atoms with E-state index in [9.17, 15) is 14.7 Å². The first-order valence-electron chi connectivity index (χ1n) is 17.2. The normalized spacial score (nSPS) is 34.2. The fourth-order valence-electron chi connectivity index (χ4n) is 10.6. The number of aliphatic hydroxyl groups is 1. The highest BCUT2D eigenvalue weighted by Crippen LogP contribution is 2.69. The summed E-state index contributed by atoms with van der Waals surface area (Å²) in [5, 5.41) is 11.7. The van der Waals surface area contributed by atoms with Crippen molar-refractivity contribution in [1.29, 1.82) is 0 Å². The molecule has 45 heavy (non-hydrogen) atoms. The fraction of sp³-hybridized carbons (Fsp3) is 0.600. The zero-order chi connectivity index (χ0) is 32.6. The lowest BCUT2D eigenvalue weighted by Crippen LogP contribution is -2.73.